The van der Waals surface area contributed by atoms with E-state index in [9.17, 15) is 24.0 Å². The Kier molecular flexibility index (Phi) is 6.25. The number of anilines is 2. The number of hydrogen-bond acceptors (Lipinski definition) is 6. The third-order valence-electron chi connectivity index (χ3n) is 4.65. The van der Waals surface area contributed by atoms with Crippen molar-refractivity contribution in [3.63, 3.8) is 0 Å². The van der Waals surface area contributed by atoms with E-state index >= 15 is 0 Å². The fourth-order valence-corrected chi connectivity index (χ4v) is 3.34. The zero-order chi connectivity index (χ0) is 20.1. The average Bonchev–Trinajstić information content (AvgIpc) is 2.68. The van der Waals surface area contributed by atoms with Crippen molar-refractivity contribution in [1.82, 2.24) is 0 Å². The molecule has 0 spiro atoms. The molecule has 2 aromatic rings. The van der Waals surface area contributed by atoms with Gasteiger partial charge in [0.15, 0.2) is 0 Å². The third kappa shape index (κ3) is 4.86. The average molecular weight is 393 g/mol. The Morgan fingerprint density at radius 1 is 1.29 bits per heavy atom. The lowest BCUT2D eigenvalue weighted by Crippen LogP contribution is -2.42. The lowest BCUT2D eigenvalue weighted by molar-refractivity contribution is -0.384. The topological polar surface area (TPSA) is 87.9 Å². The van der Waals surface area contributed by atoms with Crippen molar-refractivity contribution in [3.05, 3.63) is 58.1 Å². The normalized spacial score (nSPS) is 16.9. The fraction of sp³-hybridized carbons (Fsp3) is 0.368. The number of aliphatic hydroxyl groups is 1. The fourth-order valence-electron chi connectivity index (χ4n) is 3.34. The molecule has 1 atom stereocenters. The predicted octanol–water partition coefficient (Wildman–Crippen LogP) is 3.77. The minimum absolute atomic E-state index is 0.0293. The number of rotatable bonds is 7. The zero-order valence-corrected chi connectivity index (χ0v) is 15.1. The van der Waals surface area contributed by atoms with Gasteiger partial charge in [-0.15, -0.1) is 0 Å². The van der Waals surface area contributed by atoms with Gasteiger partial charge in [-0.05, 0) is 54.8 Å². The summed E-state index contributed by atoms with van der Waals surface area (Å²) in [6.45, 7) is -1.65. The summed E-state index contributed by atoms with van der Waals surface area (Å²) in [6, 6.07) is 10.9. The first-order chi connectivity index (χ1) is 13.5. The molecule has 1 saturated heterocycles. The summed E-state index contributed by atoms with van der Waals surface area (Å²) in [5, 5.41) is 23.8. The number of nitro benzene ring substituents is 1. The van der Waals surface area contributed by atoms with Crippen LogP contribution >= 0.6 is 0 Å². The third-order valence-corrected chi connectivity index (χ3v) is 4.65. The van der Waals surface area contributed by atoms with Crippen molar-refractivity contribution < 1.29 is 23.5 Å². The van der Waals surface area contributed by atoms with E-state index in [1.165, 1.54) is 24.3 Å². The first kappa shape index (κ1) is 19.8. The summed E-state index contributed by atoms with van der Waals surface area (Å²) < 4.78 is 28.9. The lowest BCUT2D eigenvalue weighted by atomic mass is 10.0. The molecule has 0 radical (unpaired) electrons. The van der Waals surface area contributed by atoms with Crippen molar-refractivity contribution in [1.29, 1.82) is 0 Å². The zero-order valence-electron chi connectivity index (χ0n) is 15.1. The van der Waals surface area contributed by atoms with Gasteiger partial charge in [0.1, 0.15) is 11.4 Å². The molecule has 1 aliphatic rings. The van der Waals surface area contributed by atoms with Crippen LogP contribution < -0.4 is 15.0 Å². The monoisotopic (exact) mass is 393 g/mol. The molecule has 1 fully saturated rings. The number of ether oxygens (including phenoxy) is 1. The minimum Gasteiger partial charge on any atom is -0.435 e. The van der Waals surface area contributed by atoms with E-state index in [1.807, 2.05) is 0 Å². The molecule has 9 heteroatoms. The van der Waals surface area contributed by atoms with Crippen LogP contribution in [0.4, 0.5) is 25.8 Å². The predicted molar refractivity (Wildman–Crippen MR) is 101 cm³/mol. The Balaban J connectivity index is 1.71. The number of nitrogens with zero attached hydrogens (tertiary/aromatic N) is 2. The van der Waals surface area contributed by atoms with Gasteiger partial charge >= 0.3 is 6.61 Å². The highest BCUT2D eigenvalue weighted by Gasteiger charge is 2.23. The van der Waals surface area contributed by atoms with E-state index in [2.05, 4.69) is 15.0 Å². The molecule has 150 valence electrons. The van der Waals surface area contributed by atoms with Gasteiger partial charge in [0.2, 0.25) is 0 Å². The Bertz CT molecular complexity index is 817. The van der Waals surface area contributed by atoms with Gasteiger partial charge in [-0.3, -0.25) is 10.1 Å². The van der Waals surface area contributed by atoms with Gasteiger partial charge in [0.25, 0.3) is 5.69 Å². The van der Waals surface area contributed by atoms with E-state index in [1.54, 1.807) is 18.2 Å². The number of alkyl halides is 2. The molecular weight excluding hydrogens is 372 g/mol. The summed E-state index contributed by atoms with van der Waals surface area (Å²) >= 11 is 0. The highest BCUT2D eigenvalue weighted by Crippen LogP contribution is 2.29. The summed E-state index contributed by atoms with van der Waals surface area (Å²) in [7, 11) is 0. The highest BCUT2D eigenvalue weighted by molar-refractivity contribution is 5.63. The van der Waals surface area contributed by atoms with Crippen molar-refractivity contribution in [2.75, 3.05) is 23.3 Å². The standard InChI is InChI=1S/C19H21F2N3O4/c20-19(21)28-16-6-4-15(5-7-16)23-9-1-2-14(11-23)22-17-10-13(12-25)3-8-18(17)24(26)27/h3-8,10,14,19,22,25H,1-2,9,11-12H2. The quantitative estimate of drug-likeness (QED) is 0.550. The number of hydrogen-bond donors (Lipinski definition) is 2. The molecular formula is C19H21F2N3O4. The Morgan fingerprint density at radius 2 is 2.04 bits per heavy atom. The molecule has 2 N–H and O–H groups in total. The van der Waals surface area contributed by atoms with E-state index in [4.69, 9.17) is 0 Å². The van der Waals surface area contributed by atoms with Crippen LogP contribution in [0.5, 0.6) is 5.75 Å². The van der Waals surface area contributed by atoms with Gasteiger partial charge in [0.05, 0.1) is 11.5 Å². The van der Waals surface area contributed by atoms with E-state index in [-0.39, 0.29) is 24.1 Å². The van der Waals surface area contributed by atoms with E-state index in [0.717, 1.165) is 25.1 Å². The molecule has 0 saturated carbocycles. The number of aliphatic hydroxyl groups excluding tert-OH is 1. The molecule has 0 amide bonds. The smallest absolute Gasteiger partial charge is 0.387 e. The first-order valence-corrected chi connectivity index (χ1v) is 8.91. The molecule has 1 aliphatic heterocycles. The van der Waals surface area contributed by atoms with Crippen LogP contribution in [-0.2, 0) is 6.61 Å². The summed E-state index contributed by atoms with van der Waals surface area (Å²) in [5.41, 5.74) is 1.80. The molecule has 0 bridgehead atoms. The van der Waals surface area contributed by atoms with E-state index < -0.39 is 11.5 Å². The van der Waals surface area contributed by atoms with Crippen molar-refractivity contribution in [3.8, 4) is 5.75 Å². The Morgan fingerprint density at radius 3 is 2.68 bits per heavy atom. The number of piperidine rings is 1. The maximum absolute atomic E-state index is 12.3. The second kappa shape index (κ2) is 8.83. The van der Waals surface area contributed by atoms with Crippen LogP contribution in [0.25, 0.3) is 0 Å². The van der Waals surface area contributed by atoms with Gasteiger partial charge in [-0.2, -0.15) is 8.78 Å². The number of nitro groups is 1. The van der Waals surface area contributed by atoms with E-state index in [0.29, 0.717) is 17.8 Å². The Labute approximate surface area is 160 Å². The van der Waals surface area contributed by atoms with Gasteiger partial charge in [-0.25, -0.2) is 0 Å². The highest BCUT2D eigenvalue weighted by atomic mass is 19.3. The summed E-state index contributed by atoms with van der Waals surface area (Å²) in [6.07, 6.45) is 1.71. The van der Waals surface area contributed by atoms with Crippen LogP contribution in [0.1, 0.15) is 18.4 Å². The molecule has 1 heterocycles. The van der Waals surface area contributed by atoms with Crippen LogP contribution in [-0.4, -0.2) is 35.8 Å². The second-order valence-electron chi connectivity index (χ2n) is 6.57. The van der Waals surface area contributed by atoms with Crippen LogP contribution in [0.3, 0.4) is 0 Å². The number of halogens is 2. The SMILES string of the molecule is O=[N+]([O-])c1ccc(CO)cc1NC1CCCN(c2ccc(OC(F)F)cc2)C1. The minimum atomic E-state index is -2.86. The summed E-state index contributed by atoms with van der Waals surface area (Å²) in [4.78, 5) is 12.9. The van der Waals surface area contributed by atoms with Crippen LogP contribution in [0.2, 0.25) is 0 Å². The van der Waals surface area contributed by atoms with Crippen molar-refractivity contribution >= 4 is 17.1 Å². The molecule has 0 aromatic heterocycles. The molecule has 1 unspecified atom stereocenters. The molecule has 28 heavy (non-hydrogen) atoms. The molecule has 7 nitrogen and oxygen atoms in total. The number of benzene rings is 2. The maximum atomic E-state index is 12.3. The molecule has 3 rings (SSSR count). The lowest BCUT2D eigenvalue weighted by Gasteiger charge is -2.35. The van der Waals surface area contributed by atoms with Crippen molar-refractivity contribution in [2.45, 2.75) is 32.1 Å². The molecule has 0 aliphatic carbocycles. The van der Waals surface area contributed by atoms with Gasteiger partial charge in [0, 0.05) is 30.9 Å². The van der Waals surface area contributed by atoms with Crippen molar-refractivity contribution in [2.24, 2.45) is 0 Å². The van der Waals surface area contributed by atoms with Gasteiger partial charge < -0.3 is 20.1 Å². The first-order valence-electron chi connectivity index (χ1n) is 8.91. The summed E-state index contributed by atoms with van der Waals surface area (Å²) in [5.74, 6) is 0.0990. The van der Waals surface area contributed by atoms with Crippen LogP contribution in [0, 0.1) is 10.1 Å². The number of nitrogens with one attached hydrogen (secondary N) is 1. The second-order valence-corrected chi connectivity index (χ2v) is 6.57. The molecule has 2 aromatic carbocycles. The largest absolute Gasteiger partial charge is 0.435 e. The maximum Gasteiger partial charge on any atom is 0.387 e. The van der Waals surface area contributed by atoms with Crippen LogP contribution in [0.15, 0.2) is 42.5 Å². The van der Waals surface area contributed by atoms with Gasteiger partial charge in [-0.1, -0.05) is 0 Å². The Hall–Kier alpha value is -2.94.